The van der Waals surface area contributed by atoms with Crippen LogP contribution in [0.3, 0.4) is 0 Å². The summed E-state index contributed by atoms with van der Waals surface area (Å²) in [4.78, 5) is 18.4. The molecule has 26 heavy (non-hydrogen) atoms. The fraction of sp³-hybridized carbons (Fsp3) is 0.300. The number of carbonyl (C=O) groups excluding carboxylic acids is 1. The zero-order valence-corrected chi connectivity index (χ0v) is 14.5. The van der Waals surface area contributed by atoms with Crippen LogP contribution in [0.5, 0.6) is 0 Å². The number of alkyl halides is 1. The maximum Gasteiger partial charge on any atom is 0.242 e. The summed E-state index contributed by atoms with van der Waals surface area (Å²) < 4.78 is 28.7. The summed E-state index contributed by atoms with van der Waals surface area (Å²) in [6.07, 6.45) is 3.05. The number of likely N-dealkylation sites (tertiary alicyclic amines) is 1. The minimum absolute atomic E-state index is 0.0920. The van der Waals surface area contributed by atoms with Crippen molar-refractivity contribution in [3.8, 4) is 11.1 Å². The van der Waals surface area contributed by atoms with Gasteiger partial charge in [0.1, 0.15) is 18.5 Å². The zero-order valence-electron chi connectivity index (χ0n) is 14.5. The number of benzene rings is 1. The first kappa shape index (κ1) is 16.7. The highest BCUT2D eigenvalue weighted by Gasteiger charge is 2.26. The molecule has 0 N–H and O–H groups in total. The van der Waals surface area contributed by atoms with Crippen molar-refractivity contribution in [2.75, 3.05) is 13.1 Å². The van der Waals surface area contributed by atoms with E-state index in [0.29, 0.717) is 18.5 Å². The van der Waals surface area contributed by atoms with Gasteiger partial charge in [0.25, 0.3) is 0 Å². The van der Waals surface area contributed by atoms with Crippen LogP contribution in [0, 0.1) is 12.7 Å². The predicted octanol–water partition coefficient (Wildman–Crippen LogP) is 3.72. The molecule has 1 fully saturated rings. The number of fused-ring (bicyclic) bond motifs is 1. The quantitative estimate of drug-likeness (QED) is 0.718. The molecule has 1 saturated heterocycles. The minimum atomic E-state index is -0.921. The van der Waals surface area contributed by atoms with E-state index in [4.69, 9.17) is 0 Å². The number of hydrogen-bond acceptors (Lipinski definition) is 2. The van der Waals surface area contributed by atoms with Gasteiger partial charge in [0.2, 0.25) is 5.91 Å². The van der Waals surface area contributed by atoms with Gasteiger partial charge < -0.3 is 9.47 Å². The van der Waals surface area contributed by atoms with Crippen LogP contribution in [-0.2, 0) is 11.3 Å². The van der Waals surface area contributed by atoms with E-state index in [2.05, 4.69) is 4.98 Å². The summed E-state index contributed by atoms with van der Waals surface area (Å²) in [5, 5.41) is 0. The Labute approximate surface area is 150 Å². The maximum absolute atomic E-state index is 13.5. The molecule has 3 aromatic rings. The average molecular weight is 355 g/mol. The van der Waals surface area contributed by atoms with Crippen LogP contribution >= 0.6 is 0 Å². The molecule has 4 nitrogen and oxygen atoms in total. The van der Waals surface area contributed by atoms with Gasteiger partial charge >= 0.3 is 0 Å². The van der Waals surface area contributed by atoms with E-state index in [1.54, 1.807) is 30.2 Å². The van der Waals surface area contributed by atoms with Crippen LogP contribution in [-0.4, -0.2) is 39.6 Å². The molecule has 0 radical (unpaired) electrons. The topological polar surface area (TPSA) is 38.1 Å². The number of hydrogen-bond donors (Lipinski definition) is 0. The van der Waals surface area contributed by atoms with E-state index in [-0.39, 0.29) is 24.8 Å². The van der Waals surface area contributed by atoms with Crippen molar-refractivity contribution < 1.29 is 13.6 Å². The molecular formula is C20H19F2N3O. The maximum atomic E-state index is 13.5. The molecule has 3 heterocycles. The number of rotatable bonds is 3. The van der Waals surface area contributed by atoms with Crippen molar-refractivity contribution in [3.05, 3.63) is 54.1 Å². The van der Waals surface area contributed by atoms with Crippen LogP contribution < -0.4 is 0 Å². The lowest BCUT2D eigenvalue weighted by atomic mass is 10.0. The Balaban J connectivity index is 1.64. The zero-order chi connectivity index (χ0) is 18.3. The lowest BCUT2D eigenvalue weighted by Gasteiger charge is -2.16. The Hall–Kier alpha value is -2.76. The van der Waals surface area contributed by atoms with E-state index in [1.807, 2.05) is 22.9 Å². The first-order valence-electron chi connectivity index (χ1n) is 8.64. The molecule has 1 aromatic carbocycles. The lowest BCUT2D eigenvalue weighted by Crippen LogP contribution is -2.31. The molecule has 0 bridgehead atoms. The average Bonchev–Trinajstić information content (AvgIpc) is 3.23. The third-order valence-corrected chi connectivity index (χ3v) is 4.90. The summed E-state index contributed by atoms with van der Waals surface area (Å²) in [6.45, 7) is 2.53. The number of nitrogens with zero attached hydrogens (tertiary/aromatic N) is 3. The van der Waals surface area contributed by atoms with Gasteiger partial charge in [0.15, 0.2) is 0 Å². The number of amides is 1. The third-order valence-electron chi connectivity index (χ3n) is 4.90. The van der Waals surface area contributed by atoms with E-state index >= 15 is 0 Å². The molecular weight excluding hydrogens is 336 g/mol. The van der Waals surface area contributed by atoms with Gasteiger partial charge in [-0.05, 0) is 48.7 Å². The molecule has 0 spiro atoms. The highest BCUT2D eigenvalue weighted by Crippen LogP contribution is 2.25. The summed E-state index contributed by atoms with van der Waals surface area (Å²) >= 11 is 0. The molecule has 6 heteroatoms. The second-order valence-corrected chi connectivity index (χ2v) is 6.76. The monoisotopic (exact) mass is 355 g/mol. The molecule has 2 aromatic heterocycles. The van der Waals surface area contributed by atoms with E-state index in [1.165, 1.54) is 6.07 Å². The van der Waals surface area contributed by atoms with Gasteiger partial charge in [0.05, 0.1) is 17.6 Å². The Morgan fingerprint density at radius 2 is 2.12 bits per heavy atom. The summed E-state index contributed by atoms with van der Waals surface area (Å²) in [7, 11) is 0. The fourth-order valence-corrected chi connectivity index (χ4v) is 3.37. The molecule has 1 amide bonds. The smallest absolute Gasteiger partial charge is 0.242 e. The van der Waals surface area contributed by atoms with Gasteiger partial charge in [0, 0.05) is 24.5 Å². The van der Waals surface area contributed by atoms with Crippen molar-refractivity contribution in [3.63, 3.8) is 0 Å². The van der Waals surface area contributed by atoms with E-state index in [0.717, 1.165) is 22.2 Å². The molecule has 0 aliphatic carbocycles. The van der Waals surface area contributed by atoms with Gasteiger partial charge in [-0.25, -0.2) is 8.78 Å². The molecule has 134 valence electrons. The molecule has 1 atom stereocenters. The Morgan fingerprint density at radius 3 is 2.85 bits per heavy atom. The highest BCUT2D eigenvalue weighted by atomic mass is 19.1. The number of aromatic nitrogens is 2. The van der Waals surface area contributed by atoms with E-state index < -0.39 is 6.17 Å². The molecule has 4 rings (SSSR count). The second-order valence-electron chi connectivity index (χ2n) is 6.76. The van der Waals surface area contributed by atoms with Crippen molar-refractivity contribution in [2.24, 2.45) is 0 Å². The van der Waals surface area contributed by atoms with Crippen LogP contribution in [0.15, 0.2) is 42.7 Å². The largest absolute Gasteiger partial charge is 0.338 e. The van der Waals surface area contributed by atoms with Gasteiger partial charge in [-0.3, -0.25) is 9.78 Å². The summed E-state index contributed by atoms with van der Waals surface area (Å²) in [6, 6.07) is 8.74. The third kappa shape index (κ3) is 3.07. The summed E-state index contributed by atoms with van der Waals surface area (Å²) in [5.41, 5.74) is 3.91. The first-order chi connectivity index (χ1) is 12.5. The molecule has 1 aliphatic heterocycles. The molecule has 0 saturated carbocycles. The standard InChI is InChI=1S/C20H19F2N3O/c1-13-8-14(2-3-17(13)22)15-9-19-18(23-10-15)5-7-24(19)12-20(26)25-6-4-16(21)11-25/h2-3,5,7-10,16H,4,6,11-12H2,1H3/t16-/m0/s1. The van der Waals surface area contributed by atoms with Crippen LogP contribution in [0.4, 0.5) is 8.78 Å². The molecule has 0 unspecified atom stereocenters. The van der Waals surface area contributed by atoms with Crippen LogP contribution in [0.1, 0.15) is 12.0 Å². The normalized spacial score (nSPS) is 17.2. The first-order valence-corrected chi connectivity index (χ1v) is 8.64. The Bertz CT molecular complexity index is 982. The number of pyridine rings is 1. The number of halogens is 2. The van der Waals surface area contributed by atoms with Gasteiger partial charge in [-0.2, -0.15) is 0 Å². The van der Waals surface area contributed by atoms with Crippen molar-refractivity contribution >= 4 is 16.9 Å². The Morgan fingerprint density at radius 1 is 1.27 bits per heavy atom. The van der Waals surface area contributed by atoms with Crippen molar-refractivity contribution in [2.45, 2.75) is 26.1 Å². The van der Waals surface area contributed by atoms with Crippen LogP contribution in [0.25, 0.3) is 22.2 Å². The van der Waals surface area contributed by atoms with Crippen LogP contribution in [0.2, 0.25) is 0 Å². The highest BCUT2D eigenvalue weighted by molar-refractivity contribution is 5.84. The minimum Gasteiger partial charge on any atom is -0.338 e. The SMILES string of the molecule is Cc1cc(-c2cnc3ccn(CC(=O)N4CC[C@H](F)C4)c3c2)ccc1F. The second kappa shape index (κ2) is 6.52. The van der Waals surface area contributed by atoms with Gasteiger partial charge in [-0.15, -0.1) is 0 Å². The van der Waals surface area contributed by atoms with Gasteiger partial charge in [-0.1, -0.05) is 6.07 Å². The fourth-order valence-electron chi connectivity index (χ4n) is 3.37. The lowest BCUT2D eigenvalue weighted by molar-refractivity contribution is -0.130. The van der Waals surface area contributed by atoms with Crippen molar-refractivity contribution in [1.82, 2.24) is 14.5 Å². The summed E-state index contributed by atoms with van der Waals surface area (Å²) in [5.74, 6) is -0.334. The number of carbonyl (C=O) groups is 1. The molecule has 1 aliphatic rings. The Kier molecular flexibility index (Phi) is 4.18. The van der Waals surface area contributed by atoms with E-state index in [9.17, 15) is 13.6 Å². The number of aryl methyl sites for hydroxylation is 1. The van der Waals surface area contributed by atoms with Crippen molar-refractivity contribution in [1.29, 1.82) is 0 Å². The predicted molar refractivity (Wildman–Crippen MR) is 96.0 cm³/mol.